The van der Waals surface area contributed by atoms with Crippen molar-refractivity contribution in [2.75, 3.05) is 26.8 Å². The number of likely N-dealkylation sites (N-methyl/N-ethyl adjacent to an activating group) is 1. The highest BCUT2D eigenvalue weighted by Gasteiger charge is 2.13. The molecule has 0 saturated carbocycles. The van der Waals surface area contributed by atoms with Crippen LogP contribution in [0.3, 0.4) is 0 Å². The van der Waals surface area contributed by atoms with E-state index in [-0.39, 0.29) is 18.0 Å². The Hall–Kier alpha value is -2.33. The molecule has 2 aromatic rings. The van der Waals surface area contributed by atoms with Crippen molar-refractivity contribution in [2.24, 2.45) is 0 Å². The Morgan fingerprint density at radius 1 is 1.00 bits per heavy atom. The molecule has 0 saturated heterocycles. The second kappa shape index (κ2) is 9.39. The molecule has 0 amide bonds. The Labute approximate surface area is 156 Å². The van der Waals surface area contributed by atoms with Crippen LogP contribution in [0.4, 0.5) is 0 Å². The molecule has 26 heavy (non-hydrogen) atoms. The van der Waals surface area contributed by atoms with Crippen LogP contribution < -0.4 is 4.74 Å². The molecule has 0 aromatic heterocycles. The van der Waals surface area contributed by atoms with Gasteiger partial charge in [0.2, 0.25) is 0 Å². The van der Waals surface area contributed by atoms with Crippen LogP contribution in [0.25, 0.3) is 0 Å². The minimum atomic E-state index is -0.349. The third kappa shape index (κ3) is 6.89. The molecule has 0 atom stereocenters. The Morgan fingerprint density at radius 2 is 1.65 bits per heavy atom. The molecular weight excluding hydrogens is 326 g/mol. The van der Waals surface area contributed by atoms with Gasteiger partial charge in [-0.2, -0.15) is 0 Å². The largest absolute Gasteiger partial charge is 0.482 e. The topological polar surface area (TPSA) is 38.8 Å². The zero-order chi connectivity index (χ0) is 19.0. The maximum absolute atomic E-state index is 11.8. The first-order valence-corrected chi connectivity index (χ1v) is 8.96. The first-order chi connectivity index (χ1) is 12.3. The van der Waals surface area contributed by atoms with Crippen LogP contribution in [0, 0.1) is 0 Å². The molecule has 0 unspecified atom stereocenters. The number of esters is 1. The lowest BCUT2D eigenvalue weighted by molar-refractivity contribution is -0.146. The molecule has 0 fully saturated rings. The summed E-state index contributed by atoms with van der Waals surface area (Å²) in [4.78, 5) is 13.9. The lowest BCUT2D eigenvalue weighted by Gasteiger charge is -2.19. The van der Waals surface area contributed by atoms with Crippen molar-refractivity contribution in [1.82, 2.24) is 4.90 Å². The molecule has 0 heterocycles. The van der Waals surface area contributed by atoms with Crippen molar-refractivity contribution in [3.63, 3.8) is 0 Å². The van der Waals surface area contributed by atoms with Gasteiger partial charge < -0.3 is 9.47 Å². The second-order valence-corrected chi connectivity index (χ2v) is 7.51. The maximum atomic E-state index is 11.8. The van der Waals surface area contributed by atoms with Crippen LogP contribution in [0.2, 0.25) is 0 Å². The van der Waals surface area contributed by atoms with Crippen molar-refractivity contribution in [3.05, 3.63) is 65.7 Å². The Balaban J connectivity index is 1.66. The first-order valence-electron chi connectivity index (χ1n) is 8.96. The minimum absolute atomic E-state index is 0.0722. The van der Waals surface area contributed by atoms with Gasteiger partial charge in [-0.05, 0) is 35.7 Å². The van der Waals surface area contributed by atoms with Crippen molar-refractivity contribution in [3.8, 4) is 5.75 Å². The van der Waals surface area contributed by atoms with Crippen LogP contribution in [-0.2, 0) is 21.5 Å². The number of benzene rings is 2. The van der Waals surface area contributed by atoms with Crippen LogP contribution >= 0.6 is 0 Å². The fourth-order valence-corrected chi connectivity index (χ4v) is 2.52. The van der Waals surface area contributed by atoms with Gasteiger partial charge >= 0.3 is 5.97 Å². The Morgan fingerprint density at radius 3 is 2.27 bits per heavy atom. The number of nitrogens with zero attached hydrogens (tertiary/aromatic N) is 1. The first kappa shape index (κ1) is 20.0. The fraction of sp³-hybridized carbons (Fsp3) is 0.409. The van der Waals surface area contributed by atoms with Crippen LogP contribution in [-0.4, -0.2) is 37.7 Å². The number of carbonyl (C=O) groups is 1. The SMILES string of the molecule is CN(CCOC(=O)COc1ccc(C(C)(C)C)cc1)Cc1ccccc1. The molecule has 140 valence electrons. The molecule has 4 heteroatoms. The Kier molecular flexibility index (Phi) is 7.22. The number of hydrogen-bond donors (Lipinski definition) is 0. The highest BCUT2D eigenvalue weighted by molar-refractivity contribution is 5.71. The second-order valence-electron chi connectivity index (χ2n) is 7.51. The molecule has 0 N–H and O–H groups in total. The predicted octanol–water partition coefficient (Wildman–Crippen LogP) is 4.04. The van der Waals surface area contributed by atoms with E-state index in [9.17, 15) is 4.79 Å². The molecular formula is C22H29NO3. The third-order valence-corrected chi connectivity index (χ3v) is 4.11. The van der Waals surface area contributed by atoms with Crippen LogP contribution in [0.5, 0.6) is 5.75 Å². The number of ether oxygens (including phenoxy) is 2. The van der Waals surface area contributed by atoms with E-state index in [2.05, 4.69) is 37.8 Å². The van der Waals surface area contributed by atoms with Gasteiger partial charge in [0.1, 0.15) is 12.4 Å². The highest BCUT2D eigenvalue weighted by Crippen LogP contribution is 2.24. The molecule has 0 aliphatic rings. The van der Waals surface area contributed by atoms with Gasteiger partial charge in [-0.1, -0.05) is 63.2 Å². The predicted molar refractivity (Wildman–Crippen MR) is 104 cm³/mol. The standard InChI is InChI=1S/C22H29NO3/c1-22(2,3)19-10-12-20(13-11-19)26-17-21(24)25-15-14-23(4)16-18-8-6-5-7-9-18/h5-13H,14-17H2,1-4H3. The molecule has 0 radical (unpaired) electrons. The van der Waals surface area contributed by atoms with E-state index in [1.165, 1.54) is 11.1 Å². The molecule has 0 bridgehead atoms. The molecule has 4 nitrogen and oxygen atoms in total. The summed E-state index contributed by atoms with van der Waals surface area (Å²) in [7, 11) is 2.01. The van der Waals surface area contributed by atoms with Crippen molar-refractivity contribution in [1.29, 1.82) is 0 Å². The summed E-state index contributed by atoms with van der Waals surface area (Å²) >= 11 is 0. The summed E-state index contributed by atoms with van der Waals surface area (Å²) < 4.78 is 10.7. The van der Waals surface area contributed by atoms with Gasteiger partial charge in [-0.15, -0.1) is 0 Å². The van der Waals surface area contributed by atoms with Crippen LogP contribution in [0.1, 0.15) is 31.9 Å². The lowest BCUT2D eigenvalue weighted by Crippen LogP contribution is -2.25. The van der Waals surface area contributed by atoms with Gasteiger partial charge in [-0.25, -0.2) is 4.79 Å². The van der Waals surface area contributed by atoms with Gasteiger partial charge in [0.15, 0.2) is 6.61 Å². The van der Waals surface area contributed by atoms with Gasteiger partial charge in [0.05, 0.1) is 0 Å². The average Bonchev–Trinajstić information content (AvgIpc) is 2.60. The molecule has 0 aliphatic heterocycles. The summed E-state index contributed by atoms with van der Waals surface area (Å²) in [5.41, 5.74) is 2.57. The number of carbonyl (C=O) groups excluding carboxylic acids is 1. The van der Waals surface area contributed by atoms with E-state index in [1.54, 1.807) is 0 Å². The zero-order valence-electron chi connectivity index (χ0n) is 16.2. The molecule has 2 rings (SSSR count). The summed E-state index contributed by atoms with van der Waals surface area (Å²) in [6.45, 7) is 8.28. The Bertz CT molecular complexity index is 675. The fourth-order valence-electron chi connectivity index (χ4n) is 2.52. The summed E-state index contributed by atoms with van der Waals surface area (Å²) in [5, 5.41) is 0. The van der Waals surface area contributed by atoms with Crippen molar-refractivity contribution in [2.45, 2.75) is 32.7 Å². The smallest absolute Gasteiger partial charge is 0.344 e. The van der Waals surface area contributed by atoms with Gasteiger partial charge in [-0.3, -0.25) is 4.90 Å². The quantitative estimate of drug-likeness (QED) is 0.670. The molecule has 0 spiro atoms. The average molecular weight is 355 g/mol. The molecule has 0 aliphatic carbocycles. The van der Waals surface area contributed by atoms with E-state index in [1.807, 2.05) is 49.5 Å². The lowest BCUT2D eigenvalue weighted by atomic mass is 9.87. The third-order valence-electron chi connectivity index (χ3n) is 4.11. The number of rotatable bonds is 8. The van der Waals surface area contributed by atoms with Crippen LogP contribution in [0.15, 0.2) is 54.6 Å². The van der Waals surface area contributed by atoms with E-state index < -0.39 is 0 Å². The zero-order valence-corrected chi connectivity index (χ0v) is 16.2. The van der Waals surface area contributed by atoms with E-state index in [0.29, 0.717) is 18.9 Å². The maximum Gasteiger partial charge on any atom is 0.344 e. The summed E-state index contributed by atoms with van der Waals surface area (Å²) in [5.74, 6) is 0.328. The van der Waals surface area contributed by atoms with E-state index in [4.69, 9.17) is 9.47 Å². The minimum Gasteiger partial charge on any atom is -0.482 e. The van der Waals surface area contributed by atoms with E-state index in [0.717, 1.165) is 6.54 Å². The number of hydrogen-bond acceptors (Lipinski definition) is 4. The van der Waals surface area contributed by atoms with Crippen molar-refractivity contribution >= 4 is 5.97 Å². The van der Waals surface area contributed by atoms with Crippen molar-refractivity contribution < 1.29 is 14.3 Å². The highest BCUT2D eigenvalue weighted by atomic mass is 16.6. The summed E-state index contributed by atoms with van der Waals surface area (Å²) in [6.07, 6.45) is 0. The van der Waals surface area contributed by atoms with E-state index >= 15 is 0 Å². The normalized spacial score (nSPS) is 11.4. The molecule has 2 aromatic carbocycles. The summed E-state index contributed by atoms with van der Waals surface area (Å²) in [6, 6.07) is 18.1. The monoisotopic (exact) mass is 355 g/mol. The van der Waals surface area contributed by atoms with Gasteiger partial charge in [0.25, 0.3) is 0 Å². The van der Waals surface area contributed by atoms with Gasteiger partial charge in [0, 0.05) is 13.1 Å².